The molecular weight excluding hydrogens is 276 g/mol. The second-order valence-electron chi connectivity index (χ2n) is 4.10. The molecule has 0 spiro atoms. The number of rotatable bonds is 3. The predicted molar refractivity (Wildman–Crippen MR) is 77.7 cm³/mol. The van der Waals surface area contributed by atoms with Crippen LogP contribution in [0.2, 0.25) is 0 Å². The number of aromatic nitrogens is 1. The van der Waals surface area contributed by atoms with Gasteiger partial charge in [0.15, 0.2) is 0 Å². The number of hydrogen-bond acceptors (Lipinski definition) is 2. The van der Waals surface area contributed by atoms with Gasteiger partial charge < -0.3 is 4.90 Å². The van der Waals surface area contributed by atoms with Gasteiger partial charge in [0.05, 0.1) is 0 Å². The first-order valence-corrected chi connectivity index (χ1v) is 6.77. The van der Waals surface area contributed by atoms with Crippen LogP contribution in [0.5, 0.6) is 0 Å². The fraction of sp³-hybridized carbons (Fsp3) is 0.357. The van der Waals surface area contributed by atoms with Crippen LogP contribution >= 0.6 is 15.9 Å². The molecule has 2 nitrogen and oxygen atoms in total. The van der Waals surface area contributed by atoms with E-state index >= 15 is 0 Å². The maximum atomic E-state index is 4.57. The first-order valence-electron chi connectivity index (χ1n) is 5.97. The fourth-order valence-electron chi connectivity index (χ4n) is 2.20. The second-order valence-corrected chi connectivity index (χ2v) is 4.95. The summed E-state index contributed by atoms with van der Waals surface area (Å²) in [7, 11) is 0. The highest BCUT2D eigenvalue weighted by atomic mass is 79.9. The molecule has 0 radical (unpaired) electrons. The number of halogens is 1. The Morgan fingerprint density at radius 1 is 1.24 bits per heavy atom. The average Bonchev–Trinajstić information content (AvgIpc) is 2.33. The van der Waals surface area contributed by atoms with Gasteiger partial charge in [0, 0.05) is 34.5 Å². The number of anilines is 1. The topological polar surface area (TPSA) is 16.1 Å². The maximum Gasteiger partial charge on any atom is 0.136 e. The third kappa shape index (κ3) is 2.16. The summed E-state index contributed by atoms with van der Waals surface area (Å²) in [4.78, 5) is 6.85. The molecule has 0 fully saturated rings. The number of fused-ring (bicyclic) bond motifs is 1. The molecule has 3 heteroatoms. The summed E-state index contributed by atoms with van der Waals surface area (Å²) in [6.07, 6.45) is 1.91. The van der Waals surface area contributed by atoms with Crippen LogP contribution < -0.4 is 4.90 Å². The lowest BCUT2D eigenvalue weighted by Gasteiger charge is -2.22. The Bertz CT molecular complexity index is 525. The minimum atomic E-state index is 0.980. The lowest BCUT2D eigenvalue weighted by atomic mass is 10.1. The van der Waals surface area contributed by atoms with Gasteiger partial charge in [0.2, 0.25) is 0 Å². The van der Waals surface area contributed by atoms with E-state index in [2.05, 4.69) is 64.8 Å². The standard InChI is InChI=1S/C14H17BrN2/c1-4-17(5-2)14-11-8-6-7-10(3)13(11)12(15)9-16-14/h6-9H,4-5H2,1-3H3. The van der Waals surface area contributed by atoms with E-state index in [4.69, 9.17) is 0 Å². The quantitative estimate of drug-likeness (QED) is 0.845. The van der Waals surface area contributed by atoms with Crippen LogP contribution in [0.4, 0.5) is 5.82 Å². The molecule has 0 aliphatic heterocycles. The monoisotopic (exact) mass is 292 g/mol. The van der Waals surface area contributed by atoms with E-state index in [0.29, 0.717) is 0 Å². The number of hydrogen-bond donors (Lipinski definition) is 0. The first kappa shape index (κ1) is 12.4. The molecular formula is C14H17BrN2. The molecule has 2 aromatic rings. The molecule has 0 saturated heterocycles. The Morgan fingerprint density at radius 3 is 2.59 bits per heavy atom. The zero-order valence-electron chi connectivity index (χ0n) is 10.5. The van der Waals surface area contributed by atoms with Gasteiger partial charge in [-0.15, -0.1) is 0 Å². The van der Waals surface area contributed by atoms with E-state index in [1.165, 1.54) is 16.3 Å². The van der Waals surface area contributed by atoms with Crippen molar-refractivity contribution in [2.45, 2.75) is 20.8 Å². The molecule has 90 valence electrons. The number of benzene rings is 1. The summed E-state index contributed by atoms with van der Waals surface area (Å²) in [5.41, 5.74) is 1.28. The molecule has 0 aliphatic rings. The molecule has 0 bridgehead atoms. The fourth-order valence-corrected chi connectivity index (χ4v) is 2.83. The van der Waals surface area contributed by atoms with E-state index in [9.17, 15) is 0 Å². The number of nitrogens with zero attached hydrogens (tertiary/aromatic N) is 2. The third-order valence-electron chi connectivity index (χ3n) is 3.12. The summed E-state index contributed by atoms with van der Waals surface area (Å²) >= 11 is 3.59. The van der Waals surface area contributed by atoms with Gasteiger partial charge in [0.1, 0.15) is 5.82 Å². The first-order chi connectivity index (χ1) is 8.19. The Morgan fingerprint density at radius 2 is 1.94 bits per heavy atom. The molecule has 0 saturated carbocycles. The Hall–Kier alpha value is -1.09. The second kappa shape index (κ2) is 5.05. The van der Waals surface area contributed by atoms with E-state index in [1.807, 2.05) is 6.20 Å². The molecule has 1 aromatic heterocycles. The van der Waals surface area contributed by atoms with Crippen LogP contribution in [-0.2, 0) is 0 Å². The van der Waals surface area contributed by atoms with Gasteiger partial charge in [-0.1, -0.05) is 18.2 Å². The molecule has 0 unspecified atom stereocenters. The van der Waals surface area contributed by atoms with Crippen LogP contribution in [0, 0.1) is 6.92 Å². The smallest absolute Gasteiger partial charge is 0.136 e. The van der Waals surface area contributed by atoms with Crippen molar-refractivity contribution in [3.63, 3.8) is 0 Å². The molecule has 0 atom stereocenters. The van der Waals surface area contributed by atoms with Crippen LogP contribution in [0.1, 0.15) is 19.4 Å². The summed E-state index contributed by atoms with van der Waals surface area (Å²) in [6, 6.07) is 6.38. The van der Waals surface area contributed by atoms with E-state index < -0.39 is 0 Å². The highest BCUT2D eigenvalue weighted by Gasteiger charge is 2.11. The Labute approximate surface area is 111 Å². The van der Waals surface area contributed by atoms with Gasteiger partial charge in [-0.3, -0.25) is 0 Å². The largest absolute Gasteiger partial charge is 0.357 e. The highest BCUT2D eigenvalue weighted by Crippen LogP contribution is 2.32. The lowest BCUT2D eigenvalue weighted by Crippen LogP contribution is -2.23. The average molecular weight is 293 g/mol. The van der Waals surface area contributed by atoms with Crippen molar-refractivity contribution in [1.29, 1.82) is 0 Å². The van der Waals surface area contributed by atoms with Gasteiger partial charge in [-0.05, 0) is 42.3 Å². The summed E-state index contributed by atoms with van der Waals surface area (Å²) in [5, 5.41) is 2.49. The molecule has 1 heterocycles. The van der Waals surface area contributed by atoms with Gasteiger partial charge in [0.25, 0.3) is 0 Å². The highest BCUT2D eigenvalue weighted by molar-refractivity contribution is 9.10. The van der Waals surface area contributed by atoms with Crippen LogP contribution in [0.15, 0.2) is 28.9 Å². The minimum Gasteiger partial charge on any atom is -0.357 e. The van der Waals surface area contributed by atoms with Crippen molar-refractivity contribution >= 4 is 32.5 Å². The van der Waals surface area contributed by atoms with E-state index in [1.54, 1.807) is 0 Å². The molecule has 1 aromatic carbocycles. The van der Waals surface area contributed by atoms with Crippen LogP contribution in [-0.4, -0.2) is 18.1 Å². The third-order valence-corrected chi connectivity index (χ3v) is 3.72. The Kier molecular flexibility index (Phi) is 3.67. The van der Waals surface area contributed by atoms with Crippen LogP contribution in [0.25, 0.3) is 10.8 Å². The van der Waals surface area contributed by atoms with Crippen molar-refractivity contribution in [2.24, 2.45) is 0 Å². The summed E-state index contributed by atoms with van der Waals surface area (Å²) in [5.74, 6) is 1.08. The van der Waals surface area contributed by atoms with Crippen molar-refractivity contribution in [2.75, 3.05) is 18.0 Å². The van der Waals surface area contributed by atoms with Crippen LogP contribution in [0.3, 0.4) is 0 Å². The van der Waals surface area contributed by atoms with Crippen molar-refractivity contribution in [1.82, 2.24) is 4.98 Å². The zero-order valence-corrected chi connectivity index (χ0v) is 12.1. The number of aryl methyl sites for hydroxylation is 1. The number of pyridine rings is 1. The summed E-state index contributed by atoms with van der Waals surface area (Å²) in [6.45, 7) is 8.42. The molecule has 0 amide bonds. The molecule has 0 N–H and O–H groups in total. The van der Waals surface area contributed by atoms with E-state index in [0.717, 1.165) is 23.4 Å². The summed E-state index contributed by atoms with van der Waals surface area (Å²) < 4.78 is 1.07. The normalized spacial score (nSPS) is 10.8. The molecule has 0 aliphatic carbocycles. The Balaban J connectivity index is 2.74. The van der Waals surface area contributed by atoms with Crippen molar-refractivity contribution < 1.29 is 0 Å². The van der Waals surface area contributed by atoms with Crippen molar-refractivity contribution in [3.05, 3.63) is 34.4 Å². The molecule has 17 heavy (non-hydrogen) atoms. The van der Waals surface area contributed by atoms with Gasteiger partial charge >= 0.3 is 0 Å². The van der Waals surface area contributed by atoms with Crippen molar-refractivity contribution in [3.8, 4) is 0 Å². The maximum absolute atomic E-state index is 4.57. The minimum absolute atomic E-state index is 0.980. The van der Waals surface area contributed by atoms with Gasteiger partial charge in [-0.25, -0.2) is 4.98 Å². The van der Waals surface area contributed by atoms with E-state index in [-0.39, 0.29) is 0 Å². The predicted octanol–water partition coefficient (Wildman–Crippen LogP) is 4.15. The van der Waals surface area contributed by atoms with Gasteiger partial charge in [-0.2, -0.15) is 0 Å². The lowest BCUT2D eigenvalue weighted by molar-refractivity contribution is 0.851. The molecule has 2 rings (SSSR count). The SMILES string of the molecule is CCN(CC)c1ncc(Br)c2c(C)cccc12. The zero-order chi connectivity index (χ0) is 12.4.